The highest BCUT2D eigenvalue weighted by molar-refractivity contribution is 5.85. The third-order valence-electron chi connectivity index (χ3n) is 3.08. The molecule has 100 valence electrons. The average Bonchev–Trinajstić information content (AvgIpc) is 2.54. The Labute approximate surface area is 106 Å². The lowest BCUT2D eigenvalue weighted by atomic mass is 9.88. The van der Waals surface area contributed by atoms with E-state index < -0.39 is 29.1 Å². The van der Waals surface area contributed by atoms with Crippen molar-refractivity contribution in [2.75, 3.05) is 6.54 Å². The Balaban J connectivity index is 3.00. The van der Waals surface area contributed by atoms with E-state index in [0.717, 1.165) is 4.90 Å². The van der Waals surface area contributed by atoms with Crippen molar-refractivity contribution in [2.45, 2.75) is 45.3 Å². The summed E-state index contributed by atoms with van der Waals surface area (Å²) in [6, 6.07) is 1.95. The van der Waals surface area contributed by atoms with Crippen LogP contribution in [-0.2, 0) is 9.53 Å². The van der Waals surface area contributed by atoms with Gasteiger partial charge in [0.05, 0.1) is 12.0 Å². The lowest BCUT2D eigenvalue weighted by Crippen LogP contribution is -2.55. The van der Waals surface area contributed by atoms with Crippen LogP contribution in [0.25, 0.3) is 0 Å². The van der Waals surface area contributed by atoms with Gasteiger partial charge in [0, 0.05) is 6.54 Å². The van der Waals surface area contributed by atoms with Crippen molar-refractivity contribution in [1.29, 1.82) is 5.26 Å². The molecule has 0 spiro atoms. The van der Waals surface area contributed by atoms with Gasteiger partial charge in [0.2, 0.25) is 0 Å². The van der Waals surface area contributed by atoms with Gasteiger partial charge in [0.25, 0.3) is 0 Å². The number of carbonyl (C=O) groups excluding carboxylic acids is 1. The summed E-state index contributed by atoms with van der Waals surface area (Å²) < 4.78 is 5.17. The quantitative estimate of drug-likeness (QED) is 0.767. The van der Waals surface area contributed by atoms with Gasteiger partial charge in [-0.3, -0.25) is 4.90 Å². The monoisotopic (exact) mass is 254 g/mol. The van der Waals surface area contributed by atoms with Crippen molar-refractivity contribution in [3.63, 3.8) is 0 Å². The first-order valence-corrected chi connectivity index (χ1v) is 5.76. The molecule has 0 radical (unpaired) electrons. The van der Waals surface area contributed by atoms with Crippen molar-refractivity contribution >= 4 is 12.1 Å². The Morgan fingerprint density at radius 1 is 1.50 bits per heavy atom. The molecule has 0 bridgehead atoms. The van der Waals surface area contributed by atoms with Gasteiger partial charge < -0.3 is 9.84 Å². The first kappa shape index (κ1) is 14.3. The number of carboxylic acids is 1. The Bertz CT molecular complexity index is 407. The summed E-state index contributed by atoms with van der Waals surface area (Å²) in [4.78, 5) is 24.5. The second-order valence-corrected chi connectivity index (χ2v) is 5.56. The van der Waals surface area contributed by atoms with Gasteiger partial charge in [-0.1, -0.05) is 0 Å². The molecule has 0 aromatic rings. The van der Waals surface area contributed by atoms with Crippen molar-refractivity contribution < 1.29 is 19.4 Å². The summed E-state index contributed by atoms with van der Waals surface area (Å²) in [5, 5.41) is 18.3. The van der Waals surface area contributed by atoms with E-state index in [-0.39, 0.29) is 6.54 Å². The smallest absolute Gasteiger partial charge is 0.411 e. The number of likely N-dealkylation sites (tertiary alicyclic amines) is 1. The SMILES string of the molecule is CC(C)(C)OC(=O)N1CCC(C#N)[C@]1(C)C(=O)O. The third kappa shape index (κ3) is 2.40. The highest BCUT2D eigenvalue weighted by Gasteiger charge is 2.54. The van der Waals surface area contributed by atoms with E-state index in [2.05, 4.69) is 0 Å². The molecular weight excluding hydrogens is 236 g/mol. The topological polar surface area (TPSA) is 90.6 Å². The maximum Gasteiger partial charge on any atom is 0.411 e. The molecule has 0 aromatic carbocycles. The van der Waals surface area contributed by atoms with Crippen LogP contribution in [0, 0.1) is 17.2 Å². The highest BCUT2D eigenvalue weighted by Crippen LogP contribution is 2.35. The molecule has 0 aromatic heterocycles. The van der Waals surface area contributed by atoms with Gasteiger partial charge in [0.1, 0.15) is 5.60 Å². The molecule has 1 N–H and O–H groups in total. The average molecular weight is 254 g/mol. The zero-order valence-corrected chi connectivity index (χ0v) is 11.1. The van der Waals surface area contributed by atoms with E-state index in [1.54, 1.807) is 20.8 Å². The third-order valence-corrected chi connectivity index (χ3v) is 3.08. The van der Waals surface area contributed by atoms with Crippen LogP contribution < -0.4 is 0 Å². The number of carbonyl (C=O) groups is 2. The number of rotatable bonds is 1. The number of ether oxygens (including phenoxy) is 1. The standard InChI is InChI=1S/C12H18N2O4/c1-11(2,3)18-10(17)14-6-5-8(7-13)12(14,4)9(15)16/h8H,5-6H2,1-4H3,(H,15,16)/t8?,12-/m1/s1. The molecule has 1 aliphatic rings. The molecule has 1 unspecified atom stereocenters. The van der Waals surface area contributed by atoms with Gasteiger partial charge in [0.15, 0.2) is 5.54 Å². The molecule has 0 saturated carbocycles. The lowest BCUT2D eigenvalue weighted by molar-refractivity contribution is -0.149. The first-order chi connectivity index (χ1) is 8.13. The summed E-state index contributed by atoms with van der Waals surface area (Å²) >= 11 is 0. The molecule has 1 rings (SSSR count). The van der Waals surface area contributed by atoms with Crippen LogP contribution in [-0.4, -0.2) is 39.8 Å². The Hall–Kier alpha value is -1.77. The minimum Gasteiger partial charge on any atom is -0.479 e. The van der Waals surface area contributed by atoms with E-state index in [1.807, 2.05) is 6.07 Å². The molecule has 1 amide bonds. The Kier molecular flexibility index (Phi) is 3.56. The van der Waals surface area contributed by atoms with E-state index in [1.165, 1.54) is 6.92 Å². The van der Waals surface area contributed by atoms with Gasteiger partial charge in [-0.15, -0.1) is 0 Å². The minimum absolute atomic E-state index is 0.218. The Morgan fingerprint density at radius 3 is 2.44 bits per heavy atom. The van der Waals surface area contributed by atoms with Gasteiger partial charge in [-0.05, 0) is 34.1 Å². The molecule has 2 atom stereocenters. The number of hydrogen-bond donors (Lipinski definition) is 1. The molecule has 1 fully saturated rings. The number of nitrogens with zero attached hydrogens (tertiary/aromatic N) is 2. The van der Waals surface area contributed by atoms with Crippen molar-refractivity contribution in [3.8, 4) is 6.07 Å². The predicted molar refractivity (Wildman–Crippen MR) is 62.7 cm³/mol. The minimum atomic E-state index is -1.52. The molecule has 0 aliphatic carbocycles. The Morgan fingerprint density at radius 2 is 2.06 bits per heavy atom. The summed E-state index contributed by atoms with van der Waals surface area (Å²) in [6.45, 7) is 6.73. The molecule has 6 heteroatoms. The zero-order chi connectivity index (χ0) is 14.1. The van der Waals surface area contributed by atoms with Crippen LogP contribution in [0.5, 0.6) is 0 Å². The highest BCUT2D eigenvalue weighted by atomic mass is 16.6. The summed E-state index contributed by atoms with van der Waals surface area (Å²) in [5.74, 6) is -1.90. The molecule has 18 heavy (non-hydrogen) atoms. The number of carboxylic acid groups (broad SMARTS) is 1. The van der Waals surface area contributed by atoms with E-state index in [9.17, 15) is 14.7 Å². The fraction of sp³-hybridized carbons (Fsp3) is 0.750. The molecular formula is C12H18N2O4. The lowest BCUT2D eigenvalue weighted by Gasteiger charge is -2.34. The van der Waals surface area contributed by atoms with Gasteiger partial charge in [-0.2, -0.15) is 5.26 Å². The molecule has 1 heterocycles. The second-order valence-electron chi connectivity index (χ2n) is 5.56. The summed E-state index contributed by atoms with van der Waals surface area (Å²) in [7, 11) is 0. The van der Waals surface area contributed by atoms with Crippen LogP contribution in [0.3, 0.4) is 0 Å². The van der Waals surface area contributed by atoms with Gasteiger partial charge in [-0.25, -0.2) is 9.59 Å². The van der Waals surface area contributed by atoms with Crippen LogP contribution in [0.15, 0.2) is 0 Å². The van der Waals surface area contributed by atoms with E-state index in [4.69, 9.17) is 10.00 Å². The molecule has 1 saturated heterocycles. The summed E-state index contributed by atoms with van der Waals surface area (Å²) in [5.41, 5.74) is -2.21. The van der Waals surface area contributed by atoms with Crippen molar-refractivity contribution in [1.82, 2.24) is 4.90 Å². The van der Waals surface area contributed by atoms with Crippen LogP contribution in [0.1, 0.15) is 34.1 Å². The number of nitriles is 1. The molecule has 1 aliphatic heterocycles. The fourth-order valence-electron chi connectivity index (χ4n) is 2.01. The maximum absolute atomic E-state index is 12.0. The number of hydrogen-bond acceptors (Lipinski definition) is 4. The summed E-state index contributed by atoms with van der Waals surface area (Å²) in [6.07, 6.45) is -0.344. The maximum atomic E-state index is 12.0. The largest absolute Gasteiger partial charge is 0.479 e. The fourth-order valence-corrected chi connectivity index (χ4v) is 2.01. The van der Waals surface area contributed by atoms with Gasteiger partial charge >= 0.3 is 12.1 Å². The van der Waals surface area contributed by atoms with Crippen LogP contribution in [0.2, 0.25) is 0 Å². The second kappa shape index (κ2) is 4.48. The van der Waals surface area contributed by atoms with Crippen LogP contribution >= 0.6 is 0 Å². The predicted octanol–water partition coefficient (Wildman–Crippen LogP) is 1.61. The molecule has 6 nitrogen and oxygen atoms in total. The first-order valence-electron chi connectivity index (χ1n) is 5.76. The zero-order valence-electron chi connectivity index (χ0n) is 11.1. The number of amides is 1. The number of aliphatic carboxylic acids is 1. The van der Waals surface area contributed by atoms with Crippen LogP contribution in [0.4, 0.5) is 4.79 Å². The van der Waals surface area contributed by atoms with Crippen molar-refractivity contribution in [3.05, 3.63) is 0 Å². The van der Waals surface area contributed by atoms with Crippen molar-refractivity contribution in [2.24, 2.45) is 5.92 Å². The van der Waals surface area contributed by atoms with E-state index >= 15 is 0 Å². The van der Waals surface area contributed by atoms with E-state index in [0.29, 0.717) is 6.42 Å². The normalized spacial score (nSPS) is 27.7.